The zero-order chi connectivity index (χ0) is 22.5. The predicted octanol–water partition coefficient (Wildman–Crippen LogP) is 4.94. The van der Waals surface area contributed by atoms with Gasteiger partial charge in [0, 0.05) is 18.3 Å². The first-order chi connectivity index (χ1) is 15.6. The van der Waals surface area contributed by atoms with Crippen molar-refractivity contribution in [1.82, 2.24) is 19.7 Å². The van der Waals surface area contributed by atoms with Crippen LogP contribution in [0, 0.1) is 0 Å². The summed E-state index contributed by atoms with van der Waals surface area (Å²) in [5.41, 5.74) is 1.59. The molecule has 4 aromatic rings. The van der Waals surface area contributed by atoms with Gasteiger partial charge in [0.1, 0.15) is 11.5 Å². The van der Waals surface area contributed by atoms with E-state index < -0.39 is 0 Å². The van der Waals surface area contributed by atoms with Crippen LogP contribution in [0.1, 0.15) is 5.76 Å². The number of aromatic nitrogens is 3. The lowest BCUT2D eigenvalue weighted by atomic mass is 10.2. The second-order valence-corrected chi connectivity index (χ2v) is 8.29. The van der Waals surface area contributed by atoms with Gasteiger partial charge in [-0.1, -0.05) is 35.5 Å². The smallest absolute Gasteiger partial charge is 0.233 e. The van der Waals surface area contributed by atoms with Gasteiger partial charge in [0.05, 0.1) is 30.7 Å². The van der Waals surface area contributed by atoms with Gasteiger partial charge in [-0.05, 0) is 48.5 Å². The maximum Gasteiger partial charge on any atom is 0.233 e. The molecule has 0 aliphatic rings. The van der Waals surface area contributed by atoms with Crippen molar-refractivity contribution < 1.29 is 13.9 Å². The molecule has 0 atom stereocenters. The molecule has 0 radical (unpaired) electrons. The predicted molar refractivity (Wildman–Crippen MR) is 124 cm³/mol. The van der Waals surface area contributed by atoms with E-state index >= 15 is 0 Å². The summed E-state index contributed by atoms with van der Waals surface area (Å²) in [5.74, 6) is 2.22. The van der Waals surface area contributed by atoms with Crippen LogP contribution in [0.25, 0.3) is 17.1 Å². The molecule has 7 nitrogen and oxygen atoms in total. The highest BCUT2D eigenvalue weighted by Gasteiger charge is 2.20. The third-order valence-electron chi connectivity index (χ3n) is 4.80. The summed E-state index contributed by atoms with van der Waals surface area (Å²) in [6.07, 6.45) is 1.59. The SMILES string of the molecule is COc1ccc(-n2c(SCC(=O)N(C)Cc3ccco3)nnc2-c2ccccc2Cl)cc1. The number of nitrogens with zero attached hydrogens (tertiary/aromatic N) is 4. The number of rotatable bonds is 8. The number of carbonyl (C=O) groups excluding carboxylic acids is 1. The molecule has 0 aliphatic carbocycles. The van der Waals surface area contributed by atoms with Crippen LogP contribution in [-0.2, 0) is 11.3 Å². The maximum absolute atomic E-state index is 12.7. The van der Waals surface area contributed by atoms with Gasteiger partial charge in [-0.2, -0.15) is 0 Å². The molecule has 32 heavy (non-hydrogen) atoms. The molecule has 0 unspecified atom stereocenters. The van der Waals surface area contributed by atoms with E-state index in [1.165, 1.54) is 11.8 Å². The van der Waals surface area contributed by atoms with Crippen molar-refractivity contribution in [2.45, 2.75) is 11.7 Å². The Bertz CT molecular complexity index is 1190. The van der Waals surface area contributed by atoms with Crippen molar-refractivity contribution in [2.24, 2.45) is 0 Å². The lowest BCUT2D eigenvalue weighted by Gasteiger charge is -2.16. The number of carbonyl (C=O) groups is 1. The van der Waals surface area contributed by atoms with Crippen molar-refractivity contribution in [3.8, 4) is 22.8 Å². The minimum atomic E-state index is -0.0463. The lowest BCUT2D eigenvalue weighted by Crippen LogP contribution is -2.27. The van der Waals surface area contributed by atoms with Gasteiger partial charge >= 0.3 is 0 Å². The normalized spacial score (nSPS) is 10.8. The Balaban J connectivity index is 1.61. The lowest BCUT2D eigenvalue weighted by molar-refractivity contribution is -0.127. The molecule has 164 valence electrons. The van der Waals surface area contributed by atoms with Crippen LogP contribution >= 0.6 is 23.4 Å². The summed E-state index contributed by atoms with van der Waals surface area (Å²) >= 11 is 7.75. The number of hydrogen-bond acceptors (Lipinski definition) is 6. The second-order valence-electron chi connectivity index (χ2n) is 6.94. The fourth-order valence-electron chi connectivity index (χ4n) is 3.11. The average molecular weight is 469 g/mol. The highest BCUT2D eigenvalue weighted by molar-refractivity contribution is 7.99. The third-order valence-corrected chi connectivity index (χ3v) is 6.05. The van der Waals surface area contributed by atoms with Gasteiger partial charge in [0.15, 0.2) is 11.0 Å². The number of benzene rings is 2. The van der Waals surface area contributed by atoms with Gasteiger partial charge in [-0.15, -0.1) is 10.2 Å². The van der Waals surface area contributed by atoms with E-state index in [2.05, 4.69) is 10.2 Å². The van der Waals surface area contributed by atoms with E-state index in [1.54, 1.807) is 31.4 Å². The van der Waals surface area contributed by atoms with E-state index in [1.807, 2.05) is 59.2 Å². The summed E-state index contributed by atoms with van der Waals surface area (Å²) in [6, 6.07) is 18.7. The molecule has 9 heteroatoms. The largest absolute Gasteiger partial charge is 0.497 e. The molecular weight excluding hydrogens is 448 g/mol. The molecule has 0 saturated carbocycles. The minimum Gasteiger partial charge on any atom is -0.497 e. The molecule has 0 spiro atoms. The van der Waals surface area contributed by atoms with E-state index in [0.717, 1.165) is 22.8 Å². The summed E-state index contributed by atoms with van der Waals surface area (Å²) in [6.45, 7) is 0.405. The summed E-state index contributed by atoms with van der Waals surface area (Å²) in [4.78, 5) is 14.3. The van der Waals surface area contributed by atoms with Crippen LogP contribution < -0.4 is 4.74 Å². The summed E-state index contributed by atoms with van der Waals surface area (Å²) < 4.78 is 12.5. The van der Waals surface area contributed by atoms with Gasteiger partial charge in [-0.3, -0.25) is 9.36 Å². The fourth-order valence-corrected chi connectivity index (χ4v) is 4.22. The molecular formula is C23H21ClN4O3S. The van der Waals surface area contributed by atoms with Gasteiger partial charge < -0.3 is 14.1 Å². The third kappa shape index (κ3) is 4.81. The van der Waals surface area contributed by atoms with E-state index in [9.17, 15) is 4.79 Å². The quantitative estimate of drug-likeness (QED) is 0.341. The summed E-state index contributed by atoms with van der Waals surface area (Å²) in [5, 5.41) is 9.90. The van der Waals surface area contributed by atoms with Crippen LogP contribution in [0.2, 0.25) is 5.02 Å². The zero-order valence-electron chi connectivity index (χ0n) is 17.6. The average Bonchev–Trinajstić information content (AvgIpc) is 3.47. The first-order valence-corrected chi connectivity index (χ1v) is 11.2. The minimum absolute atomic E-state index is 0.0463. The number of hydrogen-bond donors (Lipinski definition) is 0. The molecule has 0 fully saturated rings. The van der Waals surface area contributed by atoms with Crippen LogP contribution in [0.15, 0.2) is 76.5 Å². The first kappa shape index (κ1) is 22.0. The Kier molecular flexibility index (Phi) is 6.82. The highest BCUT2D eigenvalue weighted by Crippen LogP contribution is 2.32. The first-order valence-electron chi connectivity index (χ1n) is 9.80. The van der Waals surface area contributed by atoms with Crippen molar-refractivity contribution >= 4 is 29.3 Å². The number of methoxy groups -OCH3 is 1. The Morgan fingerprint density at radius 3 is 2.59 bits per heavy atom. The van der Waals surface area contributed by atoms with E-state index in [-0.39, 0.29) is 11.7 Å². The molecule has 0 bridgehead atoms. The number of thioether (sulfide) groups is 1. The Morgan fingerprint density at radius 1 is 1.12 bits per heavy atom. The molecule has 2 aromatic carbocycles. The monoisotopic (exact) mass is 468 g/mol. The highest BCUT2D eigenvalue weighted by atomic mass is 35.5. The van der Waals surface area contributed by atoms with Crippen LogP contribution in [-0.4, -0.2) is 45.5 Å². The number of ether oxygens (including phenoxy) is 1. The zero-order valence-corrected chi connectivity index (χ0v) is 19.1. The molecule has 0 saturated heterocycles. The Morgan fingerprint density at radius 2 is 1.91 bits per heavy atom. The van der Waals surface area contributed by atoms with E-state index in [0.29, 0.717) is 22.5 Å². The van der Waals surface area contributed by atoms with Gasteiger partial charge in [0.2, 0.25) is 5.91 Å². The molecule has 0 aliphatic heterocycles. The number of amides is 1. The molecule has 2 heterocycles. The van der Waals surface area contributed by atoms with E-state index in [4.69, 9.17) is 20.8 Å². The standard InChI is InChI=1S/C23H21ClN4O3S/c1-27(14-18-6-5-13-31-18)21(29)15-32-23-26-25-22(19-7-3-4-8-20(19)24)28(23)16-9-11-17(30-2)12-10-16/h3-13H,14-15H2,1-2H3. The summed E-state index contributed by atoms with van der Waals surface area (Å²) in [7, 11) is 3.36. The Hall–Kier alpha value is -3.23. The topological polar surface area (TPSA) is 73.4 Å². The molecule has 1 amide bonds. The van der Waals surface area contributed by atoms with Crippen LogP contribution in [0.3, 0.4) is 0 Å². The van der Waals surface area contributed by atoms with Crippen LogP contribution in [0.4, 0.5) is 0 Å². The second kappa shape index (κ2) is 9.93. The molecule has 4 rings (SSSR count). The van der Waals surface area contributed by atoms with Crippen molar-refractivity contribution in [1.29, 1.82) is 0 Å². The fraction of sp³-hybridized carbons (Fsp3) is 0.174. The number of halogens is 1. The van der Waals surface area contributed by atoms with Crippen molar-refractivity contribution in [3.05, 3.63) is 77.7 Å². The van der Waals surface area contributed by atoms with Crippen molar-refractivity contribution in [3.63, 3.8) is 0 Å². The molecule has 2 aromatic heterocycles. The van der Waals surface area contributed by atoms with Gasteiger partial charge in [-0.25, -0.2) is 0 Å². The number of furan rings is 1. The molecule has 0 N–H and O–H groups in total. The maximum atomic E-state index is 12.7. The Labute approximate surface area is 195 Å². The van der Waals surface area contributed by atoms with Crippen molar-refractivity contribution in [2.75, 3.05) is 19.9 Å². The van der Waals surface area contributed by atoms with Gasteiger partial charge in [0.25, 0.3) is 0 Å². The van der Waals surface area contributed by atoms with Crippen LogP contribution in [0.5, 0.6) is 5.75 Å².